The van der Waals surface area contributed by atoms with E-state index in [9.17, 15) is 8.42 Å². The highest BCUT2D eigenvalue weighted by atomic mass is 32.2. The van der Waals surface area contributed by atoms with E-state index in [1.807, 2.05) is 0 Å². The lowest BCUT2D eigenvalue weighted by atomic mass is 10.4. The standard InChI is InChI=1S/C10H18N2O3S/c1-4-6-12(7-8-15-3)16(13,14)10(5-2)9-11/h4,10H,1,5-8H2,2-3H3. The van der Waals surface area contributed by atoms with E-state index in [0.29, 0.717) is 6.61 Å². The van der Waals surface area contributed by atoms with Crippen molar-refractivity contribution in [1.82, 2.24) is 4.31 Å². The Labute approximate surface area is 97.4 Å². The maximum Gasteiger partial charge on any atom is 0.230 e. The third-order valence-corrected chi connectivity index (χ3v) is 4.32. The van der Waals surface area contributed by atoms with Gasteiger partial charge in [-0.2, -0.15) is 9.57 Å². The summed E-state index contributed by atoms with van der Waals surface area (Å²) >= 11 is 0. The highest BCUT2D eigenvalue weighted by Gasteiger charge is 2.29. The Hall–Kier alpha value is -0.900. The van der Waals surface area contributed by atoms with Gasteiger partial charge in [-0.1, -0.05) is 13.0 Å². The molecule has 1 unspecified atom stereocenters. The monoisotopic (exact) mass is 246 g/mol. The molecular weight excluding hydrogens is 228 g/mol. The number of sulfonamides is 1. The van der Waals surface area contributed by atoms with Crippen molar-refractivity contribution in [2.24, 2.45) is 0 Å². The van der Waals surface area contributed by atoms with Gasteiger partial charge in [-0.25, -0.2) is 8.42 Å². The average Bonchev–Trinajstić information content (AvgIpc) is 2.25. The summed E-state index contributed by atoms with van der Waals surface area (Å²) in [7, 11) is -2.08. The summed E-state index contributed by atoms with van der Waals surface area (Å²) < 4.78 is 30.0. The Morgan fingerprint density at radius 2 is 2.25 bits per heavy atom. The summed E-state index contributed by atoms with van der Waals surface area (Å²) in [6, 6.07) is 1.80. The van der Waals surface area contributed by atoms with Crippen LogP contribution in [-0.4, -0.2) is 44.8 Å². The number of hydrogen-bond donors (Lipinski definition) is 0. The molecule has 0 aliphatic carbocycles. The Morgan fingerprint density at radius 1 is 1.62 bits per heavy atom. The van der Waals surface area contributed by atoms with Crippen LogP contribution in [-0.2, 0) is 14.8 Å². The molecule has 0 amide bonds. The predicted molar refractivity (Wildman–Crippen MR) is 62.3 cm³/mol. The van der Waals surface area contributed by atoms with Crippen molar-refractivity contribution in [3.05, 3.63) is 12.7 Å². The molecular formula is C10H18N2O3S. The van der Waals surface area contributed by atoms with Gasteiger partial charge < -0.3 is 4.74 Å². The first-order valence-electron chi connectivity index (χ1n) is 5.03. The molecule has 0 aliphatic heterocycles. The van der Waals surface area contributed by atoms with Crippen LogP contribution in [0.1, 0.15) is 13.3 Å². The molecule has 0 aromatic carbocycles. The molecule has 0 rings (SSSR count). The summed E-state index contributed by atoms with van der Waals surface area (Å²) in [5, 5.41) is 7.80. The van der Waals surface area contributed by atoms with Gasteiger partial charge in [0.05, 0.1) is 12.7 Å². The zero-order chi connectivity index (χ0) is 12.6. The maximum absolute atomic E-state index is 12.0. The second kappa shape index (κ2) is 7.39. The molecule has 16 heavy (non-hydrogen) atoms. The Kier molecular flexibility index (Phi) is 6.97. The molecule has 0 saturated carbocycles. The van der Waals surface area contributed by atoms with E-state index >= 15 is 0 Å². The van der Waals surface area contributed by atoms with Crippen molar-refractivity contribution < 1.29 is 13.2 Å². The van der Waals surface area contributed by atoms with Crippen LogP contribution < -0.4 is 0 Å². The SMILES string of the molecule is C=CCN(CCOC)S(=O)(=O)C(C#N)CC. The van der Waals surface area contributed by atoms with Gasteiger partial charge in [0.25, 0.3) is 0 Å². The Balaban J connectivity index is 4.88. The first kappa shape index (κ1) is 15.1. The topological polar surface area (TPSA) is 70.4 Å². The van der Waals surface area contributed by atoms with Gasteiger partial charge in [0, 0.05) is 20.2 Å². The van der Waals surface area contributed by atoms with Gasteiger partial charge in [-0.3, -0.25) is 0 Å². The van der Waals surface area contributed by atoms with E-state index < -0.39 is 15.3 Å². The van der Waals surface area contributed by atoms with Gasteiger partial charge in [-0.15, -0.1) is 6.58 Å². The third-order valence-electron chi connectivity index (χ3n) is 2.11. The van der Waals surface area contributed by atoms with Crippen molar-refractivity contribution in [3.8, 4) is 6.07 Å². The number of nitrogens with zero attached hydrogens (tertiary/aromatic N) is 2. The molecule has 6 heteroatoms. The summed E-state index contributed by atoms with van der Waals surface area (Å²) in [5.41, 5.74) is 0. The van der Waals surface area contributed by atoms with E-state index in [-0.39, 0.29) is 19.5 Å². The molecule has 0 aromatic heterocycles. The van der Waals surface area contributed by atoms with E-state index in [4.69, 9.17) is 10.00 Å². The van der Waals surface area contributed by atoms with E-state index in [1.165, 1.54) is 17.5 Å². The quantitative estimate of drug-likeness (QED) is 0.593. The summed E-state index contributed by atoms with van der Waals surface area (Å²) in [6.07, 6.45) is 1.77. The highest BCUT2D eigenvalue weighted by Crippen LogP contribution is 2.11. The second-order valence-electron chi connectivity index (χ2n) is 3.21. The molecule has 1 atom stereocenters. The van der Waals surface area contributed by atoms with Gasteiger partial charge in [0.15, 0.2) is 5.25 Å². The first-order chi connectivity index (χ1) is 7.54. The first-order valence-corrected chi connectivity index (χ1v) is 6.53. The zero-order valence-electron chi connectivity index (χ0n) is 9.72. The maximum atomic E-state index is 12.0. The van der Waals surface area contributed by atoms with Gasteiger partial charge in [-0.05, 0) is 6.42 Å². The van der Waals surface area contributed by atoms with Crippen molar-refractivity contribution >= 4 is 10.0 Å². The van der Waals surface area contributed by atoms with Gasteiger partial charge >= 0.3 is 0 Å². The Bertz CT molecular complexity index is 346. The number of methoxy groups -OCH3 is 1. The van der Waals surface area contributed by atoms with Crippen LogP contribution in [0.3, 0.4) is 0 Å². The van der Waals surface area contributed by atoms with Crippen molar-refractivity contribution in [1.29, 1.82) is 5.26 Å². The van der Waals surface area contributed by atoms with Crippen LogP contribution in [0.4, 0.5) is 0 Å². The van der Waals surface area contributed by atoms with Crippen molar-refractivity contribution in [3.63, 3.8) is 0 Å². The van der Waals surface area contributed by atoms with Crippen LogP contribution in [0.15, 0.2) is 12.7 Å². The zero-order valence-corrected chi connectivity index (χ0v) is 10.5. The minimum atomic E-state index is -3.58. The lowest BCUT2D eigenvalue weighted by Crippen LogP contribution is -2.40. The number of ether oxygens (including phenoxy) is 1. The van der Waals surface area contributed by atoms with Crippen LogP contribution in [0, 0.1) is 11.3 Å². The fraction of sp³-hybridized carbons (Fsp3) is 0.700. The smallest absolute Gasteiger partial charge is 0.230 e. The summed E-state index contributed by atoms with van der Waals surface area (Å²) in [5.74, 6) is 0. The molecule has 92 valence electrons. The number of nitriles is 1. The number of rotatable bonds is 8. The molecule has 0 heterocycles. The Morgan fingerprint density at radius 3 is 2.62 bits per heavy atom. The van der Waals surface area contributed by atoms with Crippen LogP contribution in [0.5, 0.6) is 0 Å². The van der Waals surface area contributed by atoms with Crippen LogP contribution in [0.25, 0.3) is 0 Å². The van der Waals surface area contributed by atoms with E-state index in [0.717, 1.165) is 0 Å². The lowest BCUT2D eigenvalue weighted by molar-refractivity contribution is 0.181. The minimum Gasteiger partial charge on any atom is -0.383 e. The highest BCUT2D eigenvalue weighted by molar-refractivity contribution is 7.90. The molecule has 0 aliphatic rings. The minimum absolute atomic E-state index is 0.198. The normalized spacial score (nSPS) is 13.4. The fourth-order valence-electron chi connectivity index (χ4n) is 1.21. The molecule has 5 nitrogen and oxygen atoms in total. The van der Waals surface area contributed by atoms with Crippen molar-refractivity contribution in [2.75, 3.05) is 26.8 Å². The number of hydrogen-bond acceptors (Lipinski definition) is 4. The molecule has 0 fully saturated rings. The summed E-state index contributed by atoms with van der Waals surface area (Å²) in [6.45, 7) is 5.92. The summed E-state index contributed by atoms with van der Waals surface area (Å²) in [4.78, 5) is 0. The molecule has 0 spiro atoms. The molecule has 0 aromatic rings. The van der Waals surface area contributed by atoms with Gasteiger partial charge in [0.1, 0.15) is 0 Å². The lowest BCUT2D eigenvalue weighted by Gasteiger charge is -2.22. The molecule has 0 bridgehead atoms. The van der Waals surface area contributed by atoms with Gasteiger partial charge in [0.2, 0.25) is 10.0 Å². The van der Waals surface area contributed by atoms with Crippen molar-refractivity contribution in [2.45, 2.75) is 18.6 Å². The second-order valence-corrected chi connectivity index (χ2v) is 5.33. The third kappa shape index (κ3) is 3.93. The van der Waals surface area contributed by atoms with Crippen LogP contribution >= 0.6 is 0 Å². The largest absolute Gasteiger partial charge is 0.383 e. The van der Waals surface area contributed by atoms with E-state index in [2.05, 4.69) is 6.58 Å². The predicted octanol–water partition coefficient (Wildman–Crippen LogP) is 0.753. The van der Waals surface area contributed by atoms with Crippen LogP contribution in [0.2, 0.25) is 0 Å². The fourth-order valence-corrected chi connectivity index (χ4v) is 2.76. The van der Waals surface area contributed by atoms with E-state index in [1.54, 1.807) is 13.0 Å². The average molecular weight is 246 g/mol. The molecule has 0 N–H and O–H groups in total. The molecule has 0 saturated heterocycles. The molecule has 0 radical (unpaired) electrons.